The van der Waals surface area contributed by atoms with E-state index in [2.05, 4.69) is 16.2 Å². The molecule has 2 amide bonds. The van der Waals surface area contributed by atoms with E-state index in [-0.39, 0.29) is 11.7 Å². The quantitative estimate of drug-likeness (QED) is 0.391. The summed E-state index contributed by atoms with van der Waals surface area (Å²) in [5.41, 5.74) is 6.52. The monoisotopic (exact) mass is 423 g/mol. The van der Waals surface area contributed by atoms with Crippen LogP contribution in [0.5, 0.6) is 5.75 Å². The van der Waals surface area contributed by atoms with Crippen LogP contribution in [0.4, 0.5) is 0 Å². The molecule has 2 rings (SSSR count). The molecule has 9 heteroatoms. The van der Waals surface area contributed by atoms with Crippen molar-refractivity contribution in [2.45, 2.75) is 13.8 Å². The van der Waals surface area contributed by atoms with Gasteiger partial charge in [0.05, 0.1) is 0 Å². The molecule has 2 aromatic rings. The topological polar surface area (TPSA) is 79.5 Å². The van der Waals surface area contributed by atoms with Crippen LogP contribution in [-0.2, 0) is 9.59 Å². The van der Waals surface area contributed by atoms with E-state index in [4.69, 9.17) is 28.6 Å². The Bertz CT molecular complexity index is 844. The summed E-state index contributed by atoms with van der Waals surface area (Å²) in [7, 11) is 0. The molecule has 0 unspecified atom stereocenters. The van der Waals surface area contributed by atoms with Crippen LogP contribution in [0.2, 0.25) is 5.02 Å². The van der Waals surface area contributed by atoms with E-state index in [0.29, 0.717) is 10.8 Å². The number of hydrazine groups is 1. The average Bonchev–Trinajstić information content (AvgIpc) is 3.14. The van der Waals surface area contributed by atoms with Gasteiger partial charge < -0.3 is 4.74 Å². The number of nitrogens with one attached hydrogen (secondary N) is 3. The van der Waals surface area contributed by atoms with Gasteiger partial charge in [-0.15, -0.1) is 11.3 Å². The van der Waals surface area contributed by atoms with Gasteiger partial charge in [-0.05, 0) is 66.8 Å². The summed E-state index contributed by atoms with van der Waals surface area (Å²) in [5.74, 6) is -0.316. The molecule has 3 N–H and O–H groups in total. The second-order valence-corrected chi connectivity index (χ2v) is 7.27. The molecule has 0 spiro atoms. The van der Waals surface area contributed by atoms with Crippen LogP contribution in [0.3, 0.4) is 0 Å². The van der Waals surface area contributed by atoms with E-state index >= 15 is 0 Å². The third kappa shape index (κ3) is 7.01. The lowest BCUT2D eigenvalue weighted by molar-refractivity contribution is -0.123. The number of benzene rings is 1. The maximum absolute atomic E-state index is 11.8. The van der Waals surface area contributed by atoms with Crippen molar-refractivity contribution in [2.75, 3.05) is 6.61 Å². The molecule has 1 heterocycles. The minimum atomic E-state index is -0.453. The molecule has 0 aliphatic carbocycles. The second kappa shape index (κ2) is 10.1. The number of carbonyl (C=O) groups is 2. The predicted molar refractivity (Wildman–Crippen MR) is 112 cm³/mol. The maximum Gasteiger partial charge on any atom is 0.276 e. The highest BCUT2D eigenvalue weighted by atomic mass is 35.5. The number of aryl methyl sites for hydroxylation is 2. The van der Waals surface area contributed by atoms with Crippen LogP contribution >= 0.6 is 35.2 Å². The van der Waals surface area contributed by atoms with E-state index in [0.717, 1.165) is 16.0 Å². The summed E-state index contributed by atoms with van der Waals surface area (Å²) < 4.78 is 5.43. The number of hydrogen-bond donors (Lipinski definition) is 3. The van der Waals surface area contributed by atoms with E-state index in [9.17, 15) is 9.59 Å². The number of ether oxygens (including phenoxy) is 1. The second-order valence-electron chi connectivity index (χ2n) is 5.50. The van der Waals surface area contributed by atoms with Gasteiger partial charge >= 0.3 is 0 Å². The Morgan fingerprint density at radius 2 is 1.96 bits per heavy atom. The SMILES string of the molecule is Cc1cc(OCC(=O)NNC(=S)NC(=O)/C=C/c2cccs2)cc(C)c1Cl. The van der Waals surface area contributed by atoms with Crippen LogP contribution in [0, 0.1) is 13.8 Å². The van der Waals surface area contributed by atoms with E-state index < -0.39 is 11.8 Å². The van der Waals surface area contributed by atoms with E-state index in [1.165, 1.54) is 17.4 Å². The fourth-order valence-electron chi connectivity index (χ4n) is 2.03. The number of thiocarbonyl (C=S) groups is 1. The Kier molecular flexibility index (Phi) is 7.78. The largest absolute Gasteiger partial charge is 0.484 e. The van der Waals surface area contributed by atoms with Crippen molar-refractivity contribution < 1.29 is 14.3 Å². The average molecular weight is 424 g/mol. The van der Waals surface area contributed by atoms with E-state index in [1.807, 2.05) is 31.4 Å². The summed E-state index contributed by atoms with van der Waals surface area (Å²) in [5, 5.41) is 4.98. The highest BCUT2D eigenvalue weighted by Crippen LogP contribution is 2.25. The molecule has 0 saturated heterocycles. The smallest absolute Gasteiger partial charge is 0.276 e. The molecule has 0 bridgehead atoms. The third-order valence-corrected chi connectivity index (χ3v) is 4.91. The first-order chi connectivity index (χ1) is 12.8. The van der Waals surface area contributed by atoms with Crippen LogP contribution in [-0.4, -0.2) is 23.5 Å². The number of rotatable bonds is 5. The summed E-state index contributed by atoms with van der Waals surface area (Å²) in [6.07, 6.45) is 3.03. The molecule has 0 atom stereocenters. The zero-order valence-electron chi connectivity index (χ0n) is 14.7. The Morgan fingerprint density at radius 3 is 2.59 bits per heavy atom. The summed E-state index contributed by atoms with van der Waals surface area (Å²) >= 11 is 12.5. The fourth-order valence-corrected chi connectivity index (χ4v) is 2.91. The van der Waals surface area contributed by atoms with E-state index in [1.54, 1.807) is 18.2 Å². The van der Waals surface area contributed by atoms with Gasteiger partial charge in [-0.1, -0.05) is 17.7 Å². The molecule has 27 heavy (non-hydrogen) atoms. The molecule has 0 aliphatic heterocycles. The molecule has 0 radical (unpaired) electrons. The first-order valence-electron chi connectivity index (χ1n) is 7.86. The lowest BCUT2D eigenvalue weighted by Crippen LogP contribution is -2.49. The van der Waals surface area contributed by atoms with Crippen molar-refractivity contribution in [3.8, 4) is 5.75 Å². The van der Waals surface area contributed by atoms with Crippen LogP contribution < -0.4 is 20.9 Å². The molecule has 1 aromatic carbocycles. The molecule has 0 aliphatic rings. The van der Waals surface area contributed by atoms with Crippen molar-refractivity contribution in [1.82, 2.24) is 16.2 Å². The highest BCUT2D eigenvalue weighted by Gasteiger charge is 2.07. The van der Waals surface area contributed by atoms with Gasteiger partial charge in [0.1, 0.15) is 5.75 Å². The van der Waals surface area contributed by atoms with Gasteiger partial charge in [0.25, 0.3) is 5.91 Å². The van der Waals surface area contributed by atoms with Crippen LogP contribution in [0.1, 0.15) is 16.0 Å². The first-order valence-corrected chi connectivity index (χ1v) is 9.52. The van der Waals surface area contributed by atoms with Crippen molar-refractivity contribution in [3.63, 3.8) is 0 Å². The first kappa shape index (κ1) is 20.9. The van der Waals surface area contributed by atoms with Gasteiger partial charge in [0.2, 0.25) is 5.91 Å². The zero-order valence-corrected chi connectivity index (χ0v) is 17.1. The van der Waals surface area contributed by atoms with Crippen molar-refractivity contribution >= 4 is 58.2 Å². The maximum atomic E-state index is 11.8. The predicted octanol–water partition coefficient (Wildman–Crippen LogP) is 3.13. The minimum absolute atomic E-state index is 0.0256. The summed E-state index contributed by atoms with van der Waals surface area (Å²) in [6.45, 7) is 3.50. The molecular formula is C18H18ClN3O3S2. The zero-order chi connectivity index (χ0) is 19.8. The van der Waals surface area contributed by atoms with Crippen molar-refractivity contribution in [1.29, 1.82) is 0 Å². The Labute approximate surface area is 171 Å². The molecule has 0 fully saturated rings. The van der Waals surface area contributed by atoms with Gasteiger partial charge in [-0.3, -0.25) is 25.8 Å². The summed E-state index contributed by atoms with van der Waals surface area (Å²) in [4.78, 5) is 24.5. The van der Waals surface area contributed by atoms with Gasteiger partial charge in [0.15, 0.2) is 11.7 Å². The molecule has 1 aromatic heterocycles. The molecule has 142 valence electrons. The van der Waals surface area contributed by atoms with Crippen LogP contribution in [0.15, 0.2) is 35.7 Å². The van der Waals surface area contributed by atoms with Gasteiger partial charge in [-0.2, -0.15) is 0 Å². The number of thiophene rings is 1. The van der Waals surface area contributed by atoms with Crippen molar-refractivity contribution in [3.05, 3.63) is 56.7 Å². The van der Waals surface area contributed by atoms with Crippen LogP contribution in [0.25, 0.3) is 6.08 Å². The number of amides is 2. The van der Waals surface area contributed by atoms with Gasteiger partial charge in [0, 0.05) is 16.0 Å². The van der Waals surface area contributed by atoms with Gasteiger partial charge in [-0.25, -0.2) is 0 Å². The fraction of sp³-hybridized carbons (Fsp3) is 0.167. The molecule has 0 saturated carbocycles. The minimum Gasteiger partial charge on any atom is -0.484 e. The third-order valence-electron chi connectivity index (χ3n) is 3.27. The number of hydrogen-bond acceptors (Lipinski definition) is 5. The van der Waals surface area contributed by atoms with Crippen molar-refractivity contribution in [2.24, 2.45) is 0 Å². The Hall–Kier alpha value is -2.42. The lowest BCUT2D eigenvalue weighted by atomic mass is 10.1. The number of halogens is 1. The number of carbonyl (C=O) groups excluding carboxylic acids is 2. The summed E-state index contributed by atoms with van der Waals surface area (Å²) in [6, 6.07) is 7.27. The molecular weight excluding hydrogens is 406 g/mol. The standard InChI is InChI=1S/C18H18ClN3O3S2/c1-11-8-13(9-12(2)17(11)19)25-10-16(24)21-22-18(26)20-15(23)6-5-14-4-3-7-27-14/h3-9H,10H2,1-2H3,(H,21,24)(H2,20,22,23,26)/b6-5+. The Morgan fingerprint density at radius 1 is 1.26 bits per heavy atom. The normalized spacial score (nSPS) is 10.5. The molecule has 6 nitrogen and oxygen atoms in total. The Balaban J connectivity index is 1.71. The lowest BCUT2D eigenvalue weighted by Gasteiger charge is -2.12. The highest BCUT2D eigenvalue weighted by molar-refractivity contribution is 7.80.